The lowest BCUT2D eigenvalue weighted by Gasteiger charge is -2.28. The fraction of sp³-hybridized carbons (Fsp3) is 0.188. The molecule has 0 aliphatic rings. The van der Waals surface area contributed by atoms with E-state index in [4.69, 9.17) is 11.6 Å². The number of alkyl halides is 5. The predicted molar refractivity (Wildman–Crippen MR) is 95.0 cm³/mol. The zero-order valence-corrected chi connectivity index (χ0v) is 16.2. The summed E-state index contributed by atoms with van der Waals surface area (Å²) < 4.78 is 90.9. The Morgan fingerprint density at radius 2 is 1.60 bits per heavy atom. The number of hydrogen-bond acceptors (Lipinski definition) is 5. The Morgan fingerprint density at radius 1 is 1.07 bits per heavy atom. The highest BCUT2D eigenvalue weighted by Gasteiger charge is 2.66. The molecule has 0 aliphatic carbocycles. The number of nitro groups is 1. The minimum atomic E-state index is -6.40. The molecule has 162 valence electrons. The summed E-state index contributed by atoms with van der Waals surface area (Å²) in [6.45, 7) is 1.01. The molecule has 0 fully saturated rings. The van der Waals surface area contributed by atoms with Crippen molar-refractivity contribution in [3.8, 4) is 0 Å². The average molecular weight is 473 g/mol. The van der Waals surface area contributed by atoms with E-state index in [-0.39, 0.29) is 5.02 Å². The zero-order chi connectivity index (χ0) is 23.1. The Balaban J connectivity index is 2.78. The van der Waals surface area contributed by atoms with Gasteiger partial charge in [-0.2, -0.15) is 26.3 Å². The van der Waals surface area contributed by atoms with E-state index in [1.54, 1.807) is 0 Å². The molecule has 0 unspecified atom stereocenters. The highest BCUT2D eigenvalue weighted by molar-refractivity contribution is 7.93. The van der Waals surface area contributed by atoms with Crippen LogP contribution >= 0.6 is 11.6 Å². The second-order valence-corrected chi connectivity index (χ2v) is 8.05. The van der Waals surface area contributed by atoms with Crippen molar-refractivity contribution in [2.45, 2.75) is 23.9 Å². The van der Waals surface area contributed by atoms with Gasteiger partial charge in [-0.05, 0) is 42.8 Å². The highest BCUT2D eigenvalue weighted by atomic mass is 35.5. The Bertz CT molecular complexity index is 1100. The number of nitrogens with zero attached hydrogens (tertiary/aromatic N) is 2. The highest BCUT2D eigenvalue weighted by Crippen LogP contribution is 2.40. The van der Waals surface area contributed by atoms with E-state index in [1.807, 2.05) is 0 Å². The van der Waals surface area contributed by atoms with Gasteiger partial charge in [0, 0.05) is 17.2 Å². The Labute approximate surface area is 170 Å². The van der Waals surface area contributed by atoms with Gasteiger partial charge in [-0.1, -0.05) is 11.6 Å². The fourth-order valence-corrected chi connectivity index (χ4v) is 3.90. The molecule has 0 N–H and O–H groups in total. The third-order valence-electron chi connectivity index (χ3n) is 3.77. The lowest BCUT2D eigenvalue weighted by Crippen LogP contribution is -2.54. The van der Waals surface area contributed by atoms with Crippen molar-refractivity contribution in [2.75, 3.05) is 4.31 Å². The van der Waals surface area contributed by atoms with Crippen LogP contribution in [0.5, 0.6) is 0 Å². The first-order valence-electron chi connectivity index (χ1n) is 7.65. The minimum absolute atomic E-state index is 0.0268. The maximum Gasteiger partial charge on any atom is 0.463 e. The molecule has 0 aromatic heterocycles. The lowest BCUT2D eigenvalue weighted by molar-refractivity contribution is -0.384. The van der Waals surface area contributed by atoms with Gasteiger partial charge in [0.15, 0.2) is 0 Å². The van der Waals surface area contributed by atoms with Crippen LogP contribution in [0.2, 0.25) is 5.02 Å². The molecule has 0 atom stereocenters. The summed E-state index contributed by atoms with van der Waals surface area (Å²) in [6, 6.07) is 5.59. The second kappa shape index (κ2) is 7.80. The summed E-state index contributed by atoms with van der Waals surface area (Å²) in [5, 5.41) is 10.9. The smallest absolute Gasteiger partial charge is 0.266 e. The van der Waals surface area contributed by atoms with Crippen LogP contribution in [0, 0.1) is 17.0 Å². The van der Waals surface area contributed by atoms with E-state index < -0.39 is 59.1 Å². The van der Waals surface area contributed by atoms with Gasteiger partial charge in [0.05, 0.1) is 15.5 Å². The Kier molecular flexibility index (Phi) is 6.10. The van der Waals surface area contributed by atoms with E-state index in [0.29, 0.717) is 12.1 Å². The van der Waals surface area contributed by atoms with E-state index in [2.05, 4.69) is 0 Å². The molecule has 0 saturated heterocycles. The van der Waals surface area contributed by atoms with E-state index in [1.165, 1.54) is 0 Å². The first kappa shape index (κ1) is 23.5. The van der Waals surface area contributed by atoms with Gasteiger partial charge in [0.2, 0.25) is 0 Å². The number of non-ortho nitro benzene ring substituents is 1. The molecule has 0 spiro atoms. The Morgan fingerprint density at radius 3 is 2.03 bits per heavy atom. The number of sulfonamides is 1. The van der Waals surface area contributed by atoms with Crippen LogP contribution in [-0.4, -0.2) is 31.3 Å². The topological polar surface area (TPSA) is 97.6 Å². The van der Waals surface area contributed by atoms with Gasteiger partial charge in [0.25, 0.3) is 15.7 Å². The predicted octanol–water partition coefficient (Wildman–Crippen LogP) is 4.48. The number of anilines is 1. The maximum atomic E-state index is 13.8. The summed E-state index contributed by atoms with van der Waals surface area (Å²) in [5.41, 5.74) is -1.92. The molecule has 30 heavy (non-hydrogen) atoms. The number of rotatable bonds is 5. The molecule has 0 radical (unpaired) electrons. The molecular weight excluding hydrogens is 463 g/mol. The molecular formula is C16H10ClF5N2O5S. The molecule has 0 heterocycles. The van der Waals surface area contributed by atoms with Crippen molar-refractivity contribution in [1.82, 2.24) is 0 Å². The number of carbonyl (C=O) groups excluding carboxylic acids is 1. The third-order valence-corrected chi connectivity index (χ3v) is 5.73. The molecule has 7 nitrogen and oxygen atoms in total. The van der Waals surface area contributed by atoms with Gasteiger partial charge < -0.3 is 0 Å². The molecule has 0 saturated carbocycles. The van der Waals surface area contributed by atoms with Gasteiger partial charge in [-0.15, -0.1) is 0 Å². The van der Waals surface area contributed by atoms with Crippen molar-refractivity contribution in [3.63, 3.8) is 0 Å². The second-order valence-electron chi connectivity index (χ2n) is 5.83. The van der Waals surface area contributed by atoms with Crippen LogP contribution in [-0.2, 0) is 14.8 Å². The lowest BCUT2D eigenvalue weighted by atomic mass is 10.1. The first-order chi connectivity index (χ1) is 13.6. The number of amides is 1. The molecule has 0 aliphatic heterocycles. The van der Waals surface area contributed by atoms with Crippen LogP contribution in [0.3, 0.4) is 0 Å². The summed E-state index contributed by atoms with van der Waals surface area (Å²) in [4.78, 5) is 21.3. The monoisotopic (exact) mass is 472 g/mol. The zero-order valence-electron chi connectivity index (χ0n) is 14.7. The van der Waals surface area contributed by atoms with Gasteiger partial charge in [-0.25, -0.2) is 8.42 Å². The summed E-state index contributed by atoms with van der Waals surface area (Å²) in [5.74, 6) is -9.16. The normalized spacial score (nSPS) is 12.5. The molecule has 2 rings (SSSR count). The third kappa shape index (κ3) is 4.21. The van der Waals surface area contributed by atoms with Crippen molar-refractivity contribution in [3.05, 3.63) is 63.2 Å². The van der Waals surface area contributed by atoms with Gasteiger partial charge >= 0.3 is 18.0 Å². The fourth-order valence-electron chi connectivity index (χ4n) is 2.29. The summed E-state index contributed by atoms with van der Waals surface area (Å²) in [6.07, 6.45) is -6.40. The quantitative estimate of drug-likeness (QED) is 0.363. The number of halogens is 6. The largest absolute Gasteiger partial charge is 0.463 e. The van der Waals surface area contributed by atoms with E-state index in [9.17, 15) is 45.3 Å². The van der Waals surface area contributed by atoms with Crippen LogP contribution in [0.25, 0.3) is 0 Å². The number of hydrogen-bond donors (Lipinski definition) is 0. The molecule has 14 heteroatoms. The standard InChI is InChI=1S/C16H10ClF5N2O5S/c1-9-8-11(24(26)27)4-7-13(9)23(14(25)15(18,19)16(20,21)22)30(28,29)12-5-2-10(17)3-6-12/h2-8H,1H3. The van der Waals surface area contributed by atoms with Gasteiger partial charge in [-0.3, -0.25) is 14.9 Å². The number of aryl methyl sites for hydroxylation is 1. The SMILES string of the molecule is Cc1cc([N+](=O)[O-])ccc1N(C(=O)C(F)(F)C(F)(F)F)S(=O)(=O)c1ccc(Cl)cc1. The minimum Gasteiger partial charge on any atom is -0.266 e. The molecule has 0 bridgehead atoms. The van der Waals surface area contributed by atoms with Crippen molar-refractivity contribution < 1.29 is 40.1 Å². The van der Waals surface area contributed by atoms with Crippen LogP contribution < -0.4 is 4.31 Å². The van der Waals surface area contributed by atoms with Crippen molar-refractivity contribution in [2.24, 2.45) is 0 Å². The van der Waals surface area contributed by atoms with Crippen molar-refractivity contribution in [1.29, 1.82) is 0 Å². The summed E-state index contributed by atoms with van der Waals surface area (Å²) in [7, 11) is -5.29. The van der Waals surface area contributed by atoms with E-state index in [0.717, 1.165) is 37.3 Å². The number of carbonyl (C=O) groups is 1. The Hall–Kier alpha value is -2.80. The summed E-state index contributed by atoms with van der Waals surface area (Å²) >= 11 is 5.62. The van der Waals surface area contributed by atoms with Crippen LogP contribution in [0.4, 0.5) is 33.3 Å². The molecule has 1 amide bonds. The van der Waals surface area contributed by atoms with Crippen LogP contribution in [0.15, 0.2) is 47.4 Å². The van der Waals surface area contributed by atoms with Crippen molar-refractivity contribution >= 4 is 38.9 Å². The van der Waals surface area contributed by atoms with Gasteiger partial charge in [0.1, 0.15) is 0 Å². The molecule has 2 aromatic carbocycles. The maximum absolute atomic E-state index is 13.8. The van der Waals surface area contributed by atoms with E-state index >= 15 is 0 Å². The number of benzene rings is 2. The first-order valence-corrected chi connectivity index (χ1v) is 9.47. The number of nitro benzene ring substituents is 1. The average Bonchev–Trinajstić information content (AvgIpc) is 2.62. The molecule has 2 aromatic rings. The van der Waals surface area contributed by atoms with Crippen LogP contribution in [0.1, 0.15) is 5.56 Å².